The van der Waals surface area contributed by atoms with Crippen LogP contribution in [-0.2, 0) is 9.47 Å². The van der Waals surface area contributed by atoms with E-state index < -0.39 is 24.6 Å². The number of nitrogens with two attached hydrogens (primary N) is 3. The van der Waals surface area contributed by atoms with Crippen LogP contribution in [-0.4, -0.2) is 59.5 Å². The molecule has 8 N–H and O–H groups in total. The van der Waals surface area contributed by atoms with Crippen molar-refractivity contribution >= 4 is 0 Å². The first-order valence-electron chi connectivity index (χ1n) is 6.89. The fourth-order valence-electron chi connectivity index (χ4n) is 2.70. The van der Waals surface area contributed by atoms with Crippen molar-refractivity contribution < 1.29 is 19.7 Å². The molecule has 1 aliphatic heterocycles. The van der Waals surface area contributed by atoms with Gasteiger partial charge in [-0.25, -0.2) is 0 Å². The Morgan fingerprint density at radius 3 is 2.42 bits per heavy atom. The van der Waals surface area contributed by atoms with Gasteiger partial charge in [0.1, 0.15) is 0 Å². The van der Waals surface area contributed by atoms with Gasteiger partial charge in [0.25, 0.3) is 0 Å². The van der Waals surface area contributed by atoms with Crippen molar-refractivity contribution in [2.75, 3.05) is 6.54 Å². The van der Waals surface area contributed by atoms with Crippen molar-refractivity contribution in [1.82, 2.24) is 0 Å². The first kappa shape index (κ1) is 15.1. The third kappa shape index (κ3) is 3.63. The summed E-state index contributed by atoms with van der Waals surface area (Å²) in [6.07, 6.45) is 0.0608. The molecule has 2 rings (SSSR count). The molecule has 112 valence electrons. The van der Waals surface area contributed by atoms with E-state index in [2.05, 4.69) is 0 Å². The van der Waals surface area contributed by atoms with Crippen LogP contribution < -0.4 is 17.2 Å². The third-order valence-electron chi connectivity index (χ3n) is 3.98. The van der Waals surface area contributed by atoms with Gasteiger partial charge in [0.05, 0.1) is 30.5 Å². The molecule has 0 unspecified atom stereocenters. The van der Waals surface area contributed by atoms with Crippen molar-refractivity contribution in [2.24, 2.45) is 17.2 Å². The molecule has 0 aromatic rings. The van der Waals surface area contributed by atoms with Gasteiger partial charge in [-0.05, 0) is 19.3 Å². The summed E-state index contributed by atoms with van der Waals surface area (Å²) in [7, 11) is 0. The first-order valence-corrected chi connectivity index (χ1v) is 6.89. The summed E-state index contributed by atoms with van der Waals surface area (Å²) in [5, 5.41) is 19.5. The van der Waals surface area contributed by atoms with E-state index >= 15 is 0 Å². The summed E-state index contributed by atoms with van der Waals surface area (Å²) in [6, 6.07) is -0.565. The highest BCUT2D eigenvalue weighted by atomic mass is 16.7. The Balaban J connectivity index is 1.87. The molecule has 1 aliphatic carbocycles. The highest BCUT2D eigenvalue weighted by Gasteiger charge is 2.38. The van der Waals surface area contributed by atoms with Gasteiger partial charge in [-0.15, -0.1) is 0 Å². The smallest absolute Gasteiger partial charge is 0.173 e. The average Bonchev–Trinajstić information content (AvgIpc) is 2.37. The topological polar surface area (TPSA) is 137 Å². The van der Waals surface area contributed by atoms with Crippen molar-refractivity contribution in [3.8, 4) is 0 Å². The number of hydrogen-bond donors (Lipinski definition) is 5. The first-order chi connectivity index (χ1) is 9.01. The largest absolute Gasteiger partial charge is 0.391 e. The molecule has 1 saturated heterocycles. The maximum absolute atomic E-state index is 9.75. The summed E-state index contributed by atoms with van der Waals surface area (Å²) in [5.74, 6) is 0. The number of ether oxygens (including phenoxy) is 2. The lowest BCUT2D eigenvalue weighted by atomic mass is 9.91. The minimum absolute atomic E-state index is 0.112. The van der Waals surface area contributed by atoms with E-state index in [1.165, 1.54) is 0 Å². The van der Waals surface area contributed by atoms with Crippen molar-refractivity contribution in [1.29, 1.82) is 0 Å². The zero-order valence-corrected chi connectivity index (χ0v) is 11.0. The highest BCUT2D eigenvalue weighted by Crippen LogP contribution is 2.26. The van der Waals surface area contributed by atoms with Crippen LogP contribution in [0.4, 0.5) is 0 Å². The quantitative estimate of drug-likeness (QED) is 0.402. The van der Waals surface area contributed by atoms with Crippen LogP contribution in [0.15, 0.2) is 0 Å². The Morgan fingerprint density at radius 2 is 1.79 bits per heavy atom. The molecule has 0 aromatic heterocycles. The SMILES string of the molecule is NC[C@H]1O[C@H](O[C@@H]2CC[C@@H](N)[C@H](O)C2)[C@H](N)C[C@@H]1O. The van der Waals surface area contributed by atoms with Gasteiger partial charge in [0.2, 0.25) is 0 Å². The minimum Gasteiger partial charge on any atom is -0.391 e. The van der Waals surface area contributed by atoms with Gasteiger partial charge in [-0.1, -0.05) is 0 Å². The Kier molecular flexibility index (Phi) is 5.13. The van der Waals surface area contributed by atoms with Gasteiger partial charge in [-0.2, -0.15) is 0 Å². The number of aliphatic hydroxyl groups excluding tert-OH is 2. The second-order valence-electron chi connectivity index (χ2n) is 5.55. The molecule has 7 nitrogen and oxygen atoms in total. The fraction of sp³-hybridized carbons (Fsp3) is 1.00. The molecule has 1 saturated carbocycles. The second-order valence-corrected chi connectivity index (χ2v) is 5.55. The van der Waals surface area contributed by atoms with Crippen molar-refractivity contribution in [3.63, 3.8) is 0 Å². The molecule has 0 amide bonds. The van der Waals surface area contributed by atoms with Crippen LogP contribution in [0.1, 0.15) is 25.7 Å². The maximum Gasteiger partial charge on any atom is 0.173 e. The summed E-state index contributed by atoms with van der Waals surface area (Å²) in [5.41, 5.74) is 17.2. The molecule has 2 fully saturated rings. The lowest BCUT2D eigenvalue weighted by Gasteiger charge is -2.40. The molecular weight excluding hydrogens is 250 g/mol. The van der Waals surface area contributed by atoms with Gasteiger partial charge < -0.3 is 36.9 Å². The van der Waals surface area contributed by atoms with Crippen LogP contribution in [0.5, 0.6) is 0 Å². The minimum atomic E-state index is -0.648. The molecular formula is C12H25N3O4. The molecule has 2 aliphatic rings. The lowest BCUT2D eigenvalue weighted by molar-refractivity contribution is -0.250. The van der Waals surface area contributed by atoms with Crippen LogP contribution in [0.3, 0.4) is 0 Å². The van der Waals surface area contributed by atoms with E-state index in [0.717, 1.165) is 12.8 Å². The van der Waals surface area contributed by atoms with E-state index in [1.807, 2.05) is 0 Å². The highest BCUT2D eigenvalue weighted by molar-refractivity contribution is 4.87. The fourth-order valence-corrected chi connectivity index (χ4v) is 2.70. The zero-order valence-electron chi connectivity index (χ0n) is 11.0. The van der Waals surface area contributed by atoms with Gasteiger partial charge >= 0.3 is 0 Å². The molecule has 0 aromatic carbocycles. The molecule has 7 atom stereocenters. The Labute approximate surface area is 113 Å². The van der Waals surface area contributed by atoms with Gasteiger partial charge in [0, 0.05) is 19.0 Å². The van der Waals surface area contributed by atoms with E-state index in [1.54, 1.807) is 0 Å². The Bertz CT molecular complexity index is 294. The summed E-state index contributed by atoms with van der Waals surface area (Å²) < 4.78 is 11.4. The lowest BCUT2D eigenvalue weighted by Crippen LogP contribution is -2.55. The summed E-state index contributed by atoms with van der Waals surface area (Å²) in [6.45, 7) is 0.228. The second kappa shape index (κ2) is 6.45. The molecule has 0 bridgehead atoms. The predicted octanol–water partition coefficient (Wildman–Crippen LogP) is -1.99. The monoisotopic (exact) mass is 275 g/mol. The van der Waals surface area contributed by atoms with Crippen LogP contribution >= 0.6 is 0 Å². The molecule has 19 heavy (non-hydrogen) atoms. The number of hydrogen-bond acceptors (Lipinski definition) is 7. The van der Waals surface area contributed by atoms with Gasteiger partial charge in [-0.3, -0.25) is 0 Å². The Morgan fingerprint density at radius 1 is 1.05 bits per heavy atom. The number of aliphatic hydroxyl groups is 2. The van der Waals surface area contributed by atoms with Crippen LogP contribution in [0.2, 0.25) is 0 Å². The maximum atomic E-state index is 9.75. The molecule has 1 heterocycles. The Hall–Kier alpha value is -0.280. The standard InChI is InChI=1S/C12H25N3O4/c13-5-11-10(17)4-8(15)12(19-11)18-6-1-2-7(14)9(16)3-6/h6-12,16-17H,1-5,13-15H2/t6-,7-,8-,9-,10+,11-,12+/m1/s1. The normalized spacial score (nSPS) is 48.2. The summed E-state index contributed by atoms with van der Waals surface area (Å²) >= 11 is 0. The molecule has 7 heteroatoms. The van der Waals surface area contributed by atoms with E-state index in [-0.39, 0.29) is 24.7 Å². The molecule has 0 spiro atoms. The van der Waals surface area contributed by atoms with E-state index in [4.69, 9.17) is 26.7 Å². The average molecular weight is 275 g/mol. The van der Waals surface area contributed by atoms with Crippen LogP contribution in [0, 0.1) is 0 Å². The zero-order chi connectivity index (χ0) is 14.0. The number of rotatable bonds is 3. The van der Waals surface area contributed by atoms with Crippen LogP contribution in [0.25, 0.3) is 0 Å². The van der Waals surface area contributed by atoms with E-state index in [9.17, 15) is 10.2 Å². The van der Waals surface area contributed by atoms with E-state index in [0.29, 0.717) is 12.8 Å². The van der Waals surface area contributed by atoms with Gasteiger partial charge in [0.15, 0.2) is 6.29 Å². The van der Waals surface area contributed by atoms with Crippen molar-refractivity contribution in [2.45, 2.75) is 68.5 Å². The van der Waals surface area contributed by atoms with Crippen molar-refractivity contribution in [3.05, 3.63) is 0 Å². The predicted molar refractivity (Wildman–Crippen MR) is 69.0 cm³/mol. The molecule has 0 radical (unpaired) electrons. The summed E-state index contributed by atoms with van der Waals surface area (Å²) in [4.78, 5) is 0. The third-order valence-corrected chi connectivity index (χ3v) is 3.98.